The second-order valence-electron chi connectivity index (χ2n) is 3.31. The quantitative estimate of drug-likeness (QED) is 0.322. The monoisotopic (exact) mass is 225 g/mol. The largest absolute Gasteiger partial charge is 0.547 e. The molecule has 6 nitrogen and oxygen atoms in total. The van der Waals surface area contributed by atoms with Crippen LogP contribution < -0.4 is 5.11 Å². The predicted molar refractivity (Wildman–Crippen MR) is 53.0 cm³/mol. The molecule has 0 aliphatic carbocycles. The van der Waals surface area contributed by atoms with Crippen LogP contribution >= 0.6 is 0 Å². The number of isocyanates is 2. The Labute approximate surface area is 93.1 Å². The van der Waals surface area contributed by atoms with E-state index in [1.165, 1.54) is 12.2 Å². The summed E-state index contributed by atoms with van der Waals surface area (Å²) in [5.41, 5.74) is -1.49. The number of carboxylic acid groups (broad SMARTS) is 1. The molecule has 0 aromatic rings. The SMILES string of the molecule is CCC(CCCCN=C=O)(N=C=O)C(=O)[O-]. The zero-order valence-electron chi connectivity index (χ0n) is 9.06. The van der Waals surface area contributed by atoms with E-state index in [1.54, 1.807) is 6.92 Å². The highest BCUT2D eigenvalue weighted by Gasteiger charge is 2.28. The molecule has 0 amide bonds. The molecule has 0 N–H and O–H groups in total. The minimum Gasteiger partial charge on any atom is -0.547 e. The van der Waals surface area contributed by atoms with E-state index in [0.717, 1.165) is 0 Å². The fourth-order valence-corrected chi connectivity index (χ4v) is 1.35. The van der Waals surface area contributed by atoms with Gasteiger partial charge in [-0.1, -0.05) is 6.92 Å². The Balaban J connectivity index is 4.37. The number of carboxylic acids is 1. The van der Waals surface area contributed by atoms with Gasteiger partial charge in [-0.2, -0.15) is 4.99 Å². The summed E-state index contributed by atoms with van der Waals surface area (Å²) >= 11 is 0. The van der Waals surface area contributed by atoms with Crippen molar-refractivity contribution in [3.05, 3.63) is 0 Å². The number of unbranched alkanes of at least 4 members (excludes halogenated alkanes) is 1. The van der Waals surface area contributed by atoms with Crippen molar-refractivity contribution in [1.82, 2.24) is 0 Å². The van der Waals surface area contributed by atoms with Crippen LogP contribution in [-0.2, 0) is 14.4 Å². The molecule has 0 aromatic carbocycles. The summed E-state index contributed by atoms with van der Waals surface area (Å²) in [6.07, 6.45) is 4.02. The molecule has 0 rings (SSSR count). The summed E-state index contributed by atoms with van der Waals surface area (Å²) in [7, 11) is 0. The Kier molecular flexibility index (Phi) is 6.68. The van der Waals surface area contributed by atoms with E-state index in [-0.39, 0.29) is 12.8 Å². The topological polar surface area (TPSA) is 99.0 Å². The van der Waals surface area contributed by atoms with Gasteiger partial charge in [0.05, 0.1) is 12.5 Å². The second-order valence-corrected chi connectivity index (χ2v) is 3.31. The third kappa shape index (κ3) is 4.17. The molecule has 0 heterocycles. The molecule has 0 saturated heterocycles. The number of carbonyl (C=O) groups is 1. The van der Waals surface area contributed by atoms with Gasteiger partial charge in [0, 0.05) is 0 Å². The number of aliphatic carboxylic acids is 1. The van der Waals surface area contributed by atoms with E-state index in [4.69, 9.17) is 0 Å². The van der Waals surface area contributed by atoms with Gasteiger partial charge in [-0.25, -0.2) is 14.6 Å². The highest BCUT2D eigenvalue weighted by Crippen LogP contribution is 2.22. The van der Waals surface area contributed by atoms with Crippen LogP contribution in [-0.4, -0.2) is 30.2 Å². The van der Waals surface area contributed by atoms with Crippen molar-refractivity contribution in [2.75, 3.05) is 6.54 Å². The molecule has 6 heteroatoms. The Hall–Kier alpha value is -1.77. The maximum Gasteiger partial charge on any atom is 0.235 e. The van der Waals surface area contributed by atoms with Crippen LogP contribution in [0, 0.1) is 0 Å². The molecule has 1 atom stereocenters. The normalized spacial score (nSPS) is 13.1. The number of aliphatic imine (C=N–C) groups is 2. The lowest BCUT2D eigenvalue weighted by molar-refractivity contribution is -0.313. The first-order valence-electron chi connectivity index (χ1n) is 4.97. The summed E-state index contributed by atoms with van der Waals surface area (Å²) in [5, 5.41) is 10.9. The van der Waals surface area contributed by atoms with Crippen LogP contribution in [0.1, 0.15) is 32.6 Å². The standard InChI is InChI=1S/C10H14N2O4/c1-2-10(9(15)16,12-8-14)5-3-4-6-11-7-13/h2-6H2,1H3,(H,15,16)/p-1. The zero-order valence-corrected chi connectivity index (χ0v) is 9.06. The minimum atomic E-state index is -1.49. The molecule has 0 spiro atoms. The Morgan fingerprint density at radius 2 is 2.00 bits per heavy atom. The van der Waals surface area contributed by atoms with Gasteiger partial charge in [0.15, 0.2) is 0 Å². The van der Waals surface area contributed by atoms with Crippen LogP contribution in [0.3, 0.4) is 0 Å². The van der Waals surface area contributed by atoms with Crippen molar-refractivity contribution < 1.29 is 19.5 Å². The van der Waals surface area contributed by atoms with Crippen molar-refractivity contribution >= 4 is 18.1 Å². The second kappa shape index (κ2) is 7.51. The molecule has 0 aliphatic heterocycles. The maximum atomic E-state index is 10.9. The fraction of sp³-hybridized carbons (Fsp3) is 0.700. The maximum absolute atomic E-state index is 10.9. The summed E-state index contributed by atoms with van der Waals surface area (Å²) in [6, 6.07) is 0. The van der Waals surface area contributed by atoms with Gasteiger partial charge in [0.1, 0.15) is 5.54 Å². The van der Waals surface area contributed by atoms with Crippen molar-refractivity contribution in [2.24, 2.45) is 9.98 Å². The Morgan fingerprint density at radius 1 is 1.31 bits per heavy atom. The molecular weight excluding hydrogens is 212 g/mol. The summed E-state index contributed by atoms with van der Waals surface area (Å²) in [6.45, 7) is 1.90. The molecule has 1 unspecified atom stereocenters. The first kappa shape index (κ1) is 14.2. The van der Waals surface area contributed by atoms with E-state index < -0.39 is 11.5 Å². The third-order valence-corrected chi connectivity index (χ3v) is 2.40. The van der Waals surface area contributed by atoms with Crippen LogP contribution in [0.15, 0.2) is 9.98 Å². The van der Waals surface area contributed by atoms with E-state index >= 15 is 0 Å². The van der Waals surface area contributed by atoms with Gasteiger partial charge >= 0.3 is 0 Å². The highest BCUT2D eigenvalue weighted by molar-refractivity contribution is 5.78. The van der Waals surface area contributed by atoms with Crippen LogP contribution in [0.25, 0.3) is 0 Å². The van der Waals surface area contributed by atoms with Crippen molar-refractivity contribution in [3.63, 3.8) is 0 Å². The van der Waals surface area contributed by atoms with Crippen molar-refractivity contribution in [3.8, 4) is 0 Å². The average Bonchev–Trinajstić information content (AvgIpc) is 2.27. The molecule has 0 aliphatic rings. The Morgan fingerprint density at radius 3 is 2.44 bits per heavy atom. The van der Waals surface area contributed by atoms with Crippen LogP contribution in [0.4, 0.5) is 0 Å². The smallest absolute Gasteiger partial charge is 0.235 e. The van der Waals surface area contributed by atoms with E-state index in [0.29, 0.717) is 19.4 Å². The first-order valence-corrected chi connectivity index (χ1v) is 4.97. The van der Waals surface area contributed by atoms with Crippen molar-refractivity contribution in [2.45, 2.75) is 38.1 Å². The molecule has 0 radical (unpaired) electrons. The summed E-state index contributed by atoms with van der Waals surface area (Å²) in [4.78, 5) is 37.5. The Bertz CT molecular complexity index is 326. The third-order valence-electron chi connectivity index (χ3n) is 2.40. The highest BCUT2D eigenvalue weighted by atomic mass is 16.4. The van der Waals surface area contributed by atoms with Crippen molar-refractivity contribution in [1.29, 1.82) is 0 Å². The van der Waals surface area contributed by atoms with Gasteiger partial charge in [0.25, 0.3) is 0 Å². The van der Waals surface area contributed by atoms with E-state index in [2.05, 4.69) is 9.98 Å². The predicted octanol–water partition coefficient (Wildman–Crippen LogP) is -0.273. The van der Waals surface area contributed by atoms with Gasteiger partial charge in [-0.15, -0.1) is 0 Å². The lowest BCUT2D eigenvalue weighted by atomic mass is 9.90. The summed E-state index contributed by atoms with van der Waals surface area (Å²) < 4.78 is 0. The minimum absolute atomic E-state index is 0.168. The molecule has 16 heavy (non-hydrogen) atoms. The molecule has 0 bridgehead atoms. The molecule has 0 fully saturated rings. The number of nitrogens with zero attached hydrogens (tertiary/aromatic N) is 2. The lowest BCUT2D eigenvalue weighted by Crippen LogP contribution is -2.46. The molecular formula is C10H13N2O4-. The zero-order chi connectivity index (χ0) is 12.4. The van der Waals surface area contributed by atoms with Gasteiger partial charge in [-0.3, -0.25) is 0 Å². The fourth-order valence-electron chi connectivity index (χ4n) is 1.35. The van der Waals surface area contributed by atoms with Gasteiger partial charge in [0.2, 0.25) is 12.2 Å². The first-order chi connectivity index (χ1) is 7.63. The summed E-state index contributed by atoms with van der Waals surface area (Å²) in [5.74, 6) is -1.38. The van der Waals surface area contributed by atoms with Crippen LogP contribution in [0.5, 0.6) is 0 Å². The van der Waals surface area contributed by atoms with Gasteiger partial charge < -0.3 is 9.90 Å². The molecule has 0 aromatic heterocycles. The van der Waals surface area contributed by atoms with Crippen LogP contribution in [0.2, 0.25) is 0 Å². The van der Waals surface area contributed by atoms with E-state index in [9.17, 15) is 19.5 Å². The van der Waals surface area contributed by atoms with E-state index in [1.807, 2.05) is 0 Å². The lowest BCUT2D eigenvalue weighted by Gasteiger charge is -2.27. The molecule has 0 saturated carbocycles. The number of carbonyl (C=O) groups excluding carboxylic acids is 3. The number of hydrogen-bond acceptors (Lipinski definition) is 6. The van der Waals surface area contributed by atoms with Gasteiger partial charge in [-0.05, 0) is 25.7 Å². The number of hydrogen-bond donors (Lipinski definition) is 0. The number of rotatable bonds is 8. The average molecular weight is 225 g/mol. The molecule has 88 valence electrons.